The van der Waals surface area contributed by atoms with Crippen molar-refractivity contribution >= 4 is 23.4 Å². The Morgan fingerprint density at radius 3 is 2.40 bits per heavy atom. The van der Waals surface area contributed by atoms with Gasteiger partial charge in [0, 0.05) is 50.1 Å². The Labute approximate surface area is 153 Å². The van der Waals surface area contributed by atoms with Gasteiger partial charge in [0.15, 0.2) is 5.16 Å². The summed E-state index contributed by atoms with van der Waals surface area (Å²) < 4.78 is 0. The highest BCUT2D eigenvalue weighted by atomic mass is 32.2. The zero-order valence-corrected chi connectivity index (χ0v) is 15.7. The van der Waals surface area contributed by atoms with E-state index < -0.39 is 0 Å². The van der Waals surface area contributed by atoms with Crippen LogP contribution >= 0.6 is 11.8 Å². The number of anilines is 2. The quantitative estimate of drug-likeness (QED) is 0.603. The average molecular weight is 356 g/mol. The zero-order chi connectivity index (χ0) is 17.2. The maximum atomic E-state index is 4.78. The van der Waals surface area contributed by atoms with Crippen molar-refractivity contribution < 1.29 is 0 Å². The van der Waals surface area contributed by atoms with Gasteiger partial charge in [-0.25, -0.2) is 19.9 Å². The lowest BCUT2D eigenvalue weighted by Gasteiger charge is -2.36. The third kappa shape index (κ3) is 3.71. The van der Waals surface area contributed by atoms with E-state index in [1.165, 1.54) is 12.8 Å². The fourth-order valence-electron chi connectivity index (χ4n) is 3.14. The predicted molar refractivity (Wildman–Crippen MR) is 102 cm³/mol. The second-order valence-electron chi connectivity index (χ2n) is 6.58. The molecule has 0 radical (unpaired) electrons. The molecule has 0 amide bonds. The molecule has 0 aromatic carbocycles. The first-order valence-electron chi connectivity index (χ1n) is 9.01. The number of hydrogen-bond acceptors (Lipinski definition) is 7. The Morgan fingerprint density at radius 1 is 1.04 bits per heavy atom. The molecule has 2 aliphatic rings. The minimum absolute atomic E-state index is 0.597. The van der Waals surface area contributed by atoms with E-state index in [0.717, 1.165) is 60.9 Å². The van der Waals surface area contributed by atoms with E-state index in [1.807, 2.05) is 18.5 Å². The van der Waals surface area contributed by atoms with Gasteiger partial charge in [0.05, 0.1) is 0 Å². The second-order valence-corrected chi connectivity index (χ2v) is 7.35. The molecule has 4 rings (SSSR count). The van der Waals surface area contributed by atoms with Gasteiger partial charge in [0.1, 0.15) is 17.5 Å². The number of thioether (sulfide) groups is 1. The molecule has 0 atom stereocenters. The van der Waals surface area contributed by atoms with Gasteiger partial charge in [-0.15, -0.1) is 0 Å². The van der Waals surface area contributed by atoms with Crippen LogP contribution in [0.4, 0.5) is 11.6 Å². The summed E-state index contributed by atoms with van der Waals surface area (Å²) in [5.74, 6) is 3.74. The Hall–Kier alpha value is -1.89. The van der Waals surface area contributed by atoms with Gasteiger partial charge in [0.25, 0.3) is 0 Å². The maximum absolute atomic E-state index is 4.78. The van der Waals surface area contributed by atoms with Crippen LogP contribution in [-0.4, -0.2) is 52.4 Å². The molecule has 2 aromatic rings. The second kappa shape index (κ2) is 7.15. The largest absolute Gasteiger partial charge is 0.353 e. The van der Waals surface area contributed by atoms with Crippen LogP contribution in [0.3, 0.4) is 0 Å². The zero-order valence-electron chi connectivity index (χ0n) is 14.9. The third-order valence-electron chi connectivity index (χ3n) is 4.82. The number of rotatable bonds is 5. The van der Waals surface area contributed by atoms with Crippen LogP contribution in [0.15, 0.2) is 23.5 Å². The Bertz CT molecular complexity index is 718. The lowest BCUT2D eigenvalue weighted by atomic mass is 10.2. The molecule has 6 nitrogen and oxygen atoms in total. The van der Waals surface area contributed by atoms with Crippen molar-refractivity contribution in [3.8, 4) is 0 Å². The minimum Gasteiger partial charge on any atom is -0.353 e. The molecule has 25 heavy (non-hydrogen) atoms. The lowest BCUT2D eigenvalue weighted by Crippen LogP contribution is -2.47. The molecule has 2 aromatic heterocycles. The van der Waals surface area contributed by atoms with Crippen LogP contribution in [0.2, 0.25) is 0 Å². The molecule has 2 fully saturated rings. The predicted octanol–water partition coefficient (Wildman–Crippen LogP) is 2.75. The van der Waals surface area contributed by atoms with E-state index in [9.17, 15) is 0 Å². The summed E-state index contributed by atoms with van der Waals surface area (Å²) in [6.07, 6.45) is 7.35. The fourth-order valence-corrected chi connectivity index (χ4v) is 3.53. The molecule has 7 heteroatoms. The first-order chi connectivity index (χ1) is 12.3. The summed E-state index contributed by atoms with van der Waals surface area (Å²) in [5, 5.41) is 0.863. The van der Waals surface area contributed by atoms with Crippen LogP contribution in [0.1, 0.15) is 37.2 Å². The first-order valence-corrected chi connectivity index (χ1v) is 10.2. The lowest BCUT2D eigenvalue weighted by molar-refractivity contribution is 0.634. The first kappa shape index (κ1) is 16.6. The van der Waals surface area contributed by atoms with Crippen LogP contribution in [0.25, 0.3) is 0 Å². The molecule has 1 aliphatic carbocycles. The molecule has 1 saturated heterocycles. The molecule has 0 spiro atoms. The van der Waals surface area contributed by atoms with Crippen molar-refractivity contribution in [3.05, 3.63) is 29.8 Å². The monoisotopic (exact) mass is 356 g/mol. The average Bonchev–Trinajstić information content (AvgIpc) is 3.53. The van der Waals surface area contributed by atoms with Crippen molar-refractivity contribution in [1.82, 2.24) is 19.9 Å². The van der Waals surface area contributed by atoms with E-state index >= 15 is 0 Å². The van der Waals surface area contributed by atoms with E-state index in [-0.39, 0.29) is 0 Å². The topological polar surface area (TPSA) is 58.0 Å². The molecule has 0 N–H and O–H groups in total. The molecular weight excluding hydrogens is 332 g/mol. The van der Waals surface area contributed by atoms with Crippen molar-refractivity contribution in [2.75, 3.05) is 42.2 Å². The number of hydrogen-bond donors (Lipinski definition) is 0. The van der Waals surface area contributed by atoms with Crippen molar-refractivity contribution in [2.45, 2.75) is 37.3 Å². The third-order valence-corrected chi connectivity index (χ3v) is 5.37. The molecular formula is C18H24N6S. The molecule has 0 unspecified atom stereocenters. The summed E-state index contributed by atoms with van der Waals surface area (Å²) in [5.41, 5.74) is 1.11. The minimum atomic E-state index is 0.597. The fraction of sp³-hybridized carbons (Fsp3) is 0.556. The van der Waals surface area contributed by atoms with Gasteiger partial charge in [-0.2, -0.15) is 0 Å². The highest BCUT2D eigenvalue weighted by Crippen LogP contribution is 2.38. The number of piperazine rings is 1. The van der Waals surface area contributed by atoms with Gasteiger partial charge in [-0.05, 0) is 31.6 Å². The van der Waals surface area contributed by atoms with E-state index in [1.54, 1.807) is 11.8 Å². The van der Waals surface area contributed by atoms with Gasteiger partial charge < -0.3 is 9.80 Å². The maximum Gasteiger partial charge on any atom is 0.189 e. The molecule has 1 aliphatic heterocycles. The van der Waals surface area contributed by atoms with Gasteiger partial charge in [-0.1, -0.05) is 18.7 Å². The Balaban J connectivity index is 1.45. The number of aryl methyl sites for hydroxylation is 1. The van der Waals surface area contributed by atoms with Crippen LogP contribution < -0.4 is 9.80 Å². The standard InChI is InChI=1S/C18H24N6S/c1-3-14-12-16(22-18(20-14)25-2)24-10-8-23(9-11-24)15-6-7-19-17(21-15)13-4-5-13/h6-7,12-13H,3-5,8-11H2,1-2H3. The highest BCUT2D eigenvalue weighted by molar-refractivity contribution is 7.98. The Morgan fingerprint density at radius 2 is 1.76 bits per heavy atom. The van der Waals surface area contributed by atoms with E-state index in [0.29, 0.717) is 5.92 Å². The normalized spacial score (nSPS) is 17.8. The SMILES string of the molecule is CCc1cc(N2CCN(c3ccnc(C4CC4)n3)CC2)nc(SC)n1. The number of aromatic nitrogens is 4. The van der Waals surface area contributed by atoms with Crippen LogP contribution in [0.5, 0.6) is 0 Å². The van der Waals surface area contributed by atoms with Gasteiger partial charge in [-0.3, -0.25) is 0 Å². The number of nitrogens with zero attached hydrogens (tertiary/aromatic N) is 6. The van der Waals surface area contributed by atoms with E-state index in [2.05, 4.69) is 32.8 Å². The van der Waals surface area contributed by atoms with Gasteiger partial charge in [0.2, 0.25) is 0 Å². The Kier molecular flexibility index (Phi) is 4.74. The van der Waals surface area contributed by atoms with Gasteiger partial charge >= 0.3 is 0 Å². The van der Waals surface area contributed by atoms with Crippen LogP contribution in [0, 0.1) is 0 Å². The van der Waals surface area contributed by atoms with Crippen molar-refractivity contribution in [2.24, 2.45) is 0 Å². The molecule has 0 bridgehead atoms. The van der Waals surface area contributed by atoms with Crippen molar-refractivity contribution in [1.29, 1.82) is 0 Å². The summed E-state index contributed by atoms with van der Waals surface area (Å²) in [4.78, 5) is 23.2. The summed E-state index contributed by atoms with van der Waals surface area (Å²) in [6.45, 7) is 5.97. The molecule has 132 valence electrons. The summed E-state index contributed by atoms with van der Waals surface area (Å²) in [6, 6.07) is 4.17. The summed E-state index contributed by atoms with van der Waals surface area (Å²) in [7, 11) is 0. The highest BCUT2D eigenvalue weighted by Gasteiger charge is 2.27. The molecule has 1 saturated carbocycles. The summed E-state index contributed by atoms with van der Waals surface area (Å²) >= 11 is 1.61. The van der Waals surface area contributed by atoms with Crippen LogP contribution in [-0.2, 0) is 6.42 Å². The molecule has 3 heterocycles. The smallest absolute Gasteiger partial charge is 0.189 e. The van der Waals surface area contributed by atoms with E-state index in [4.69, 9.17) is 9.97 Å². The van der Waals surface area contributed by atoms with Crippen molar-refractivity contribution in [3.63, 3.8) is 0 Å².